The first kappa shape index (κ1) is 26.4. The minimum absolute atomic E-state index is 0.129. The topological polar surface area (TPSA) is 92.6 Å². The fourth-order valence-corrected chi connectivity index (χ4v) is 6.10. The number of hydrogen-bond donors (Lipinski definition) is 1. The summed E-state index contributed by atoms with van der Waals surface area (Å²) >= 11 is 6.29. The highest BCUT2D eigenvalue weighted by Crippen LogP contribution is 2.29. The molecule has 1 atom stereocenters. The summed E-state index contributed by atoms with van der Waals surface area (Å²) < 4.78 is 37.1. The second kappa shape index (κ2) is 10.9. The van der Waals surface area contributed by atoms with E-state index in [9.17, 15) is 8.42 Å². The molecule has 5 rings (SSSR count). The summed E-state index contributed by atoms with van der Waals surface area (Å²) in [5, 5.41) is 10.5. The Balaban J connectivity index is 1.34. The highest BCUT2D eigenvalue weighted by molar-refractivity contribution is 7.89. The summed E-state index contributed by atoms with van der Waals surface area (Å²) in [6, 6.07) is 17.9. The quantitative estimate of drug-likeness (QED) is 0.338. The van der Waals surface area contributed by atoms with E-state index in [1.807, 2.05) is 37.3 Å². The number of benzene rings is 3. The Labute approximate surface area is 228 Å². The SMILES string of the molecule is CCn1c(Oc2cccc(N3CCN(C)CC3)c2)nnc1[C@@H](C)NS(=O)(=O)c1ccc2cccc(Cl)c2c1. The van der Waals surface area contributed by atoms with Crippen molar-refractivity contribution in [1.82, 2.24) is 24.4 Å². The van der Waals surface area contributed by atoms with E-state index >= 15 is 0 Å². The van der Waals surface area contributed by atoms with E-state index in [-0.39, 0.29) is 4.90 Å². The maximum absolute atomic E-state index is 13.2. The molecule has 0 aliphatic carbocycles. The standard InChI is InChI=1S/C27H31ClN6O3S/c1-4-34-26(19(2)31-38(35,36)23-12-11-20-7-5-10-25(28)24(20)18-23)29-30-27(34)37-22-9-6-8-21(17-22)33-15-13-32(3)14-16-33/h5-12,17-19,31H,4,13-16H2,1-3H3/t19-/m1/s1. The minimum Gasteiger partial charge on any atom is -0.424 e. The summed E-state index contributed by atoms with van der Waals surface area (Å²) in [6.45, 7) is 8.11. The van der Waals surface area contributed by atoms with Crippen LogP contribution in [0.4, 0.5) is 5.69 Å². The zero-order valence-corrected chi connectivity index (χ0v) is 23.2. The van der Waals surface area contributed by atoms with E-state index in [1.165, 1.54) is 0 Å². The first-order valence-corrected chi connectivity index (χ1v) is 14.5. The van der Waals surface area contributed by atoms with Crippen LogP contribution in [-0.4, -0.2) is 61.3 Å². The van der Waals surface area contributed by atoms with Gasteiger partial charge in [-0.2, -0.15) is 0 Å². The van der Waals surface area contributed by atoms with Gasteiger partial charge in [0, 0.05) is 54.9 Å². The number of likely N-dealkylation sites (N-methyl/N-ethyl adjacent to an activating group) is 1. The van der Waals surface area contributed by atoms with Crippen LogP contribution in [0.25, 0.3) is 10.8 Å². The lowest BCUT2D eigenvalue weighted by molar-refractivity contribution is 0.312. The zero-order valence-electron chi connectivity index (χ0n) is 21.6. The van der Waals surface area contributed by atoms with Crippen LogP contribution in [-0.2, 0) is 16.6 Å². The molecule has 1 aromatic heterocycles. The predicted octanol–water partition coefficient (Wildman–Crippen LogP) is 4.69. The molecule has 1 saturated heterocycles. The van der Waals surface area contributed by atoms with Gasteiger partial charge in [-0.25, -0.2) is 13.1 Å². The van der Waals surface area contributed by atoms with Gasteiger partial charge in [0.1, 0.15) is 5.75 Å². The van der Waals surface area contributed by atoms with Gasteiger partial charge in [-0.05, 0) is 56.6 Å². The number of rotatable bonds is 8. The van der Waals surface area contributed by atoms with Crippen molar-refractivity contribution in [2.24, 2.45) is 0 Å². The van der Waals surface area contributed by atoms with E-state index in [4.69, 9.17) is 16.3 Å². The van der Waals surface area contributed by atoms with Crippen molar-refractivity contribution in [3.05, 3.63) is 71.5 Å². The molecule has 38 heavy (non-hydrogen) atoms. The highest BCUT2D eigenvalue weighted by Gasteiger charge is 2.25. The number of aromatic nitrogens is 3. The average molecular weight is 555 g/mol. The normalized spacial score (nSPS) is 15.6. The molecule has 1 aliphatic rings. The number of nitrogens with one attached hydrogen (secondary N) is 1. The molecule has 0 unspecified atom stereocenters. The number of ether oxygens (including phenoxy) is 1. The molecular weight excluding hydrogens is 524 g/mol. The van der Waals surface area contributed by atoms with Gasteiger partial charge in [0.05, 0.1) is 10.9 Å². The van der Waals surface area contributed by atoms with E-state index in [0.29, 0.717) is 34.5 Å². The number of fused-ring (bicyclic) bond motifs is 1. The molecule has 4 aromatic rings. The van der Waals surface area contributed by atoms with Gasteiger partial charge in [-0.3, -0.25) is 4.57 Å². The van der Waals surface area contributed by atoms with Gasteiger partial charge in [0.15, 0.2) is 5.82 Å². The van der Waals surface area contributed by atoms with Crippen LogP contribution in [0.2, 0.25) is 5.02 Å². The molecule has 0 spiro atoms. The van der Waals surface area contributed by atoms with Crippen LogP contribution in [0.1, 0.15) is 25.7 Å². The lowest BCUT2D eigenvalue weighted by Gasteiger charge is -2.34. The Morgan fingerprint density at radius 2 is 1.79 bits per heavy atom. The van der Waals surface area contributed by atoms with Crippen LogP contribution in [0.5, 0.6) is 11.8 Å². The van der Waals surface area contributed by atoms with Crippen LogP contribution in [0.3, 0.4) is 0 Å². The molecular formula is C27H31ClN6O3S. The van der Waals surface area contributed by atoms with E-state index in [1.54, 1.807) is 35.8 Å². The van der Waals surface area contributed by atoms with Crippen LogP contribution in [0, 0.1) is 0 Å². The molecule has 11 heteroatoms. The first-order valence-electron chi connectivity index (χ1n) is 12.6. The van der Waals surface area contributed by atoms with Crippen molar-refractivity contribution in [3.8, 4) is 11.8 Å². The summed E-state index contributed by atoms with van der Waals surface area (Å²) in [6.07, 6.45) is 0. The van der Waals surface area contributed by atoms with Gasteiger partial charge in [0.2, 0.25) is 10.0 Å². The number of sulfonamides is 1. The molecule has 0 amide bonds. The molecule has 3 aromatic carbocycles. The van der Waals surface area contributed by atoms with E-state index < -0.39 is 16.1 Å². The van der Waals surface area contributed by atoms with Crippen molar-refractivity contribution in [1.29, 1.82) is 0 Å². The molecule has 2 heterocycles. The van der Waals surface area contributed by atoms with Gasteiger partial charge in [-0.15, -0.1) is 5.10 Å². The number of piperazine rings is 1. The molecule has 0 saturated carbocycles. The number of hydrogen-bond acceptors (Lipinski definition) is 7. The molecule has 9 nitrogen and oxygen atoms in total. The number of nitrogens with zero attached hydrogens (tertiary/aromatic N) is 5. The van der Waals surface area contributed by atoms with E-state index in [2.05, 4.69) is 37.8 Å². The monoisotopic (exact) mass is 554 g/mol. The second-order valence-corrected chi connectivity index (χ2v) is 11.6. The molecule has 200 valence electrons. The third-order valence-electron chi connectivity index (χ3n) is 6.79. The summed E-state index contributed by atoms with van der Waals surface area (Å²) in [5.41, 5.74) is 1.09. The van der Waals surface area contributed by atoms with Gasteiger partial charge in [0.25, 0.3) is 0 Å². The first-order chi connectivity index (χ1) is 18.2. The zero-order chi connectivity index (χ0) is 26.9. The molecule has 0 bridgehead atoms. The molecule has 1 N–H and O–H groups in total. The largest absolute Gasteiger partial charge is 0.424 e. The fraction of sp³-hybridized carbons (Fsp3) is 0.333. The van der Waals surface area contributed by atoms with Crippen molar-refractivity contribution >= 4 is 38.1 Å². The highest BCUT2D eigenvalue weighted by atomic mass is 35.5. The molecule has 0 radical (unpaired) electrons. The molecule has 1 fully saturated rings. The Morgan fingerprint density at radius 3 is 2.55 bits per heavy atom. The van der Waals surface area contributed by atoms with Gasteiger partial charge < -0.3 is 14.5 Å². The third-order valence-corrected chi connectivity index (χ3v) is 8.65. The lowest BCUT2D eigenvalue weighted by atomic mass is 10.1. The Kier molecular flexibility index (Phi) is 7.58. The van der Waals surface area contributed by atoms with Crippen molar-refractivity contribution < 1.29 is 13.2 Å². The fourth-order valence-electron chi connectivity index (χ4n) is 4.64. The average Bonchev–Trinajstić information content (AvgIpc) is 3.31. The Bertz CT molecular complexity index is 1550. The van der Waals surface area contributed by atoms with Crippen LogP contribution >= 0.6 is 11.6 Å². The van der Waals surface area contributed by atoms with Crippen molar-refractivity contribution in [3.63, 3.8) is 0 Å². The number of halogens is 1. The maximum Gasteiger partial charge on any atom is 0.322 e. The second-order valence-electron chi connectivity index (χ2n) is 9.44. The van der Waals surface area contributed by atoms with Crippen LogP contribution in [0.15, 0.2) is 65.6 Å². The summed E-state index contributed by atoms with van der Waals surface area (Å²) in [4.78, 5) is 4.77. The minimum atomic E-state index is -3.85. The Hall–Kier alpha value is -3.18. The van der Waals surface area contributed by atoms with Crippen molar-refractivity contribution in [2.45, 2.75) is 31.3 Å². The maximum atomic E-state index is 13.2. The lowest BCUT2D eigenvalue weighted by Crippen LogP contribution is -2.44. The van der Waals surface area contributed by atoms with Crippen molar-refractivity contribution in [2.75, 3.05) is 38.1 Å². The third kappa shape index (κ3) is 5.49. The van der Waals surface area contributed by atoms with E-state index in [0.717, 1.165) is 37.3 Å². The molecule has 1 aliphatic heterocycles. The van der Waals surface area contributed by atoms with Gasteiger partial charge >= 0.3 is 6.01 Å². The Morgan fingerprint density at radius 1 is 1.03 bits per heavy atom. The summed E-state index contributed by atoms with van der Waals surface area (Å²) in [7, 11) is -1.72. The smallest absolute Gasteiger partial charge is 0.322 e. The number of anilines is 1. The predicted molar refractivity (Wildman–Crippen MR) is 150 cm³/mol. The van der Waals surface area contributed by atoms with Crippen LogP contribution < -0.4 is 14.4 Å². The summed E-state index contributed by atoms with van der Waals surface area (Å²) in [5.74, 6) is 1.11. The van der Waals surface area contributed by atoms with Gasteiger partial charge in [-0.1, -0.05) is 41.0 Å².